The molecule has 4 aromatic rings. The summed E-state index contributed by atoms with van der Waals surface area (Å²) >= 11 is 0. The summed E-state index contributed by atoms with van der Waals surface area (Å²) in [5.41, 5.74) is 3.86. The molecule has 0 bridgehead atoms. The highest BCUT2D eigenvalue weighted by molar-refractivity contribution is 5.79. The van der Waals surface area contributed by atoms with E-state index in [1.807, 2.05) is 77.9 Å². The first kappa shape index (κ1) is 31.0. The minimum absolute atomic E-state index is 0.146. The largest absolute Gasteiger partial charge is 0.444 e. The van der Waals surface area contributed by atoms with E-state index in [-0.39, 0.29) is 24.3 Å². The fraction of sp³-hybridized carbons (Fsp3) is 0.444. The Bertz CT molecular complexity index is 1780. The molecule has 2 aliphatic rings. The molecule has 10 nitrogen and oxygen atoms in total. The predicted octanol–water partition coefficient (Wildman–Crippen LogP) is 6.99. The molecule has 46 heavy (non-hydrogen) atoms. The highest BCUT2D eigenvalue weighted by atomic mass is 16.6. The molecule has 4 heterocycles. The molecular weight excluding hydrogens is 580 g/mol. The van der Waals surface area contributed by atoms with Crippen molar-refractivity contribution in [3.05, 3.63) is 59.2 Å². The maximum absolute atomic E-state index is 12.8. The summed E-state index contributed by atoms with van der Waals surface area (Å²) in [6, 6.07) is 11.3. The third-order valence-electron chi connectivity index (χ3n) is 7.87. The highest BCUT2D eigenvalue weighted by Gasteiger charge is 2.36. The van der Waals surface area contributed by atoms with Gasteiger partial charge in [0, 0.05) is 24.2 Å². The van der Waals surface area contributed by atoms with E-state index in [1.54, 1.807) is 9.80 Å². The van der Waals surface area contributed by atoms with Crippen molar-refractivity contribution in [3.8, 4) is 23.7 Å². The monoisotopic (exact) mass is 620 g/mol. The molecule has 0 aliphatic carbocycles. The van der Waals surface area contributed by atoms with Gasteiger partial charge in [0.1, 0.15) is 22.9 Å². The van der Waals surface area contributed by atoms with Crippen molar-refractivity contribution < 1.29 is 19.1 Å². The fourth-order valence-corrected chi connectivity index (χ4v) is 5.91. The molecule has 2 aliphatic heterocycles. The Kier molecular flexibility index (Phi) is 8.16. The van der Waals surface area contributed by atoms with Gasteiger partial charge in [0.05, 0.1) is 34.2 Å². The van der Waals surface area contributed by atoms with Crippen LogP contribution in [0.25, 0.3) is 22.1 Å². The molecule has 2 saturated heterocycles. The van der Waals surface area contributed by atoms with Gasteiger partial charge in [-0.3, -0.25) is 9.80 Å². The van der Waals surface area contributed by atoms with Crippen LogP contribution in [-0.2, 0) is 9.47 Å². The van der Waals surface area contributed by atoms with Crippen LogP contribution in [0.1, 0.15) is 102 Å². The Morgan fingerprint density at radius 1 is 0.717 bits per heavy atom. The van der Waals surface area contributed by atoms with Gasteiger partial charge in [-0.25, -0.2) is 19.6 Å². The lowest BCUT2D eigenvalue weighted by Gasteiger charge is -2.27. The lowest BCUT2D eigenvalue weighted by Crippen LogP contribution is -2.36. The van der Waals surface area contributed by atoms with Gasteiger partial charge in [0.2, 0.25) is 0 Å². The Morgan fingerprint density at radius 3 is 1.52 bits per heavy atom. The third kappa shape index (κ3) is 6.97. The molecule has 2 aromatic heterocycles. The van der Waals surface area contributed by atoms with E-state index in [0.717, 1.165) is 70.5 Å². The molecular formula is C36H40N6O4. The Balaban J connectivity index is 1.14. The molecule has 2 fully saturated rings. The van der Waals surface area contributed by atoms with Crippen molar-refractivity contribution >= 4 is 34.3 Å². The number of amides is 2. The fourth-order valence-electron chi connectivity index (χ4n) is 5.91. The minimum atomic E-state index is -0.550. The van der Waals surface area contributed by atoms with Gasteiger partial charge in [-0.05, 0) is 115 Å². The van der Waals surface area contributed by atoms with Gasteiger partial charge in [0.25, 0.3) is 0 Å². The molecule has 0 spiro atoms. The second-order valence-corrected chi connectivity index (χ2v) is 13.9. The van der Waals surface area contributed by atoms with Crippen LogP contribution in [0, 0.1) is 23.7 Å². The third-order valence-corrected chi connectivity index (χ3v) is 7.87. The second kappa shape index (κ2) is 12.1. The zero-order chi connectivity index (χ0) is 32.6. The Labute approximate surface area is 269 Å². The van der Waals surface area contributed by atoms with E-state index in [0.29, 0.717) is 13.1 Å². The number of aromatic nitrogens is 4. The summed E-state index contributed by atoms with van der Waals surface area (Å²) in [4.78, 5) is 45.4. The number of ether oxygens (including phenoxy) is 2. The predicted molar refractivity (Wildman–Crippen MR) is 176 cm³/mol. The van der Waals surface area contributed by atoms with Crippen LogP contribution in [-0.4, -0.2) is 66.2 Å². The van der Waals surface area contributed by atoms with Gasteiger partial charge < -0.3 is 19.4 Å². The van der Waals surface area contributed by atoms with Gasteiger partial charge in [-0.2, -0.15) is 0 Å². The zero-order valence-electron chi connectivity index (χ0n) is 27.3. The number of nitrogens with zero attached hydrogens (tertiary/aromatic N) is 4. The number of fused-ring (bicyclic) bond motifs is 2. The summed E-state index contributed by atoms with van der Waals surface area (Å²) < 4.78 is 11.2. The first-order chi connectivity index (χ1) is 21.8. The summed E-state index contributed by atoms with van der Waals surface area (Å²) in [7, 11) is 0. The van der Waals surface area contributed by atoms with E-state index in [4.69, 9.17) is 19.4 Å². The van der Waals surface area contributed by atoms with Gasteiger partial charge in [0.15, 0.2) is 0 Å². The average Bonchev–Trinajstić information content (AvgIpc) is 3.77. The lowest BCUT2D eigenvalue weighted by molar-refractivity contribution is 0.0208. The topological polar surface area (TPSA) is 116 Å². The molecule has 10 heteroatoms. The van der Waals surface area contributed by atoms with Crippen molar-refractivity contribution in [2.45, 2.75) is 90.5 Å². The first-order valence-electron chi connectivity index (χ1n) is 15.8. The van der Waals surface area contributed by atoms with Crippen LogP contribution >= 0.6 is 0 Å². The number of aromatic amines is 2. The van der Waals surface area contributed by atoms with Crippen LogP contribution in [0.4, 0.5) is 9.59 Å². The zero-order valence-corrected chi connectivity index (χ0v) is 27.3. The second-order valence-electron chi connectivity index (χ2n) is 13.9. The van der Waals surface area contributed by atoms with Crippen LogP contribution in [0.2, 0.25) is 0 Å². The minimum Gasteiger partial charge on any atom is -0.444 e. The summed E-state index contributed by atoms with van der Waals surface area (Å²) in [6.07, 6.45) is 2.84. The smallest absolute Gasteiger partial charge is 0.410 e. The van der Waals surface area contributed by atoms with Crippen LogP contribution in [0.15, 0.2) is 36.4 Å². The quantitative estimate of drug-likeness (QED) is 0.234. The number of hydrogen-bond donors (Lipinski definition) is 2. The number of H-pyrrole nitrogens is 2. The normalized spacial score (nSPS) is 18.3. The molecule has 238 valence electrons. The number of hydrogen-bond acceptors (Lipinski definition) is 6. The van der Waals surface area contributed by atoms with Crippen molar-refractivity contribution in [1.29, 1.82) is 0 Å². The van der Waals surface area contributed by atoms with Gasteiger partial charge in [-0.1, -0.05) is 11.8 Å². The maximum Gasteiger partial charge on any atom is 0.410 e. The molecule has 6 rings (SSSR count). The lowest BCUT2D eigenvalue weighted by atomic mass is 10.2. The number of likely N-dealkylation sites (tertiary alicyclic amines) is 2. The maximum atomic E-state index is 12.8. The van der Waals surface area contributed by atoms with E-state index >= 15 is 0 Å². The molecule has 0 radical (unpaired) electrons. The van der Waals surface area contributed by atoms with E-state index in [1.165, 1.54) is 0 Å². The average molecular weight is 621 g/mol. The van der Waals surface area contributed by atoms with E-state index in [2.05, 4.69) is 33.6 Å². The Morgan fingerprint density at radius 2 is 1.13 bits per heavy atom. The summed E-state index contributed by atoms with van der Waals surface area (Å²) in [6.45, 7) is 12.5. The molecule has 0 unspecified atom stereocenters. The summed E-state index contributed by atoms with van der Waals surface area (Å²) in [5.74, 6) is 13.6. The number of carbonyl (C=O) groups is 2. The van der Waals surface area contributed by atoms with Crippen LogP contribution in [0.5, 0.6) is 0 Å². The van der Waals surface area contributed by atoms with E-state index in [9.17, 15) is 9.59 Å². The SMILES string of the molecule is CC(C)(C)OC(=O)N1CCC[C@@H]1c1nc2cc(C#CC#Cc3ccc4[nH]c([C@@H]5CCCN5C(=O)OC(C)(C)C)nc4c3)ccc2[nH]1. The number of benzene rings is 2. The Hall–Kier alpha value is -4.96. The van der Waals surface area contributed by atoms with Crippen LogP contribution < -0.4 is 0 Å². The van der Waals surface area contributed by atoms with Crippen LogP contribution in [0.3, 0.4) is 0 Å². The van der Waals surface area contributed by atoms with Gasteiger partial charge in [-0.15, -0.1) is 0 Å². The van der Waals surface area contributed by atoms with Crippen molar-refractivity contribution in [2.75, 3.05) is 13.1 Å². The number of nitrogens with one attached hydrogen (secondary N) is 2. The molecule has 2 N–H and O–H groups in total. The first-order valence-corrected chi connectivity index (χ1v) is 15.8. The number of imidazole rings is 2. The van der Waals surface area contributed by atoms with Crippen molar-refractivity contribution in [2.24, 2.45) is 0 Å². The van der Waals surface area contributed by atoms with Crippen molar-refractivity contribution in [1.82, 2.24) is 29.7 Å². The number of carbonyl (C=O) groups excluding carboxylic acids is 2. The molecule has 0 saturated carbocycles. The highest BCUT2D eigenvalue weighted by Crippen LogP contribution is 2.34. The summed E-state index contributed by atoms with van der Waals surface area (Å²) in [5, 5.41) is 0. The van der Waals surface area contributed by atoms with Gasteiger partial charge >= 0.3 is 12.2 Å². The standard InChI is InChI=1S/C36H40N6O4/c1-35(2,3)45-33(43)41-19-9-13-29(41)31-37-25-17-15-23(21-27(25)39-31)11-7-8-12-24-16-18-26-28(22-24)40-32(38-26)30-14-10-20-42(30)34(44)46-36(4,5)6/h15-18,21-22,29-30H,9-10,13-14,19-20H2,1-6H3,(H,37,39)(H,38,40)/t29-,30+. The molecule has 2 atom stereocenters. The molecule has 2 aromatic carbocycles. The van der Waals surface area contributed by atoms with E-state index < -0.39 is 11.2 Å². The van der Waals surface area contributed by atoms with Crippen molar-refractivity contribution in [3.63, 3.8) is 0 Å². The molecule has 2 amide bonds. The number of rotatable bonds is 2.